The summed E-state index contributed by atoms with van der Waals surface area (Å²) in [6.07, 6.45) is -0.459. The van der Waals surface area contributed by atoms with E-state index in [1.807, 2.05) is 0 Å². The number of ether oxygens (including phenoxy) is 1. The Bertz CT molecular complexity index is 511. The van der Waals surface area contributed by atoms with Gasteiger partial charge >= 0.3 is 11.9 Å². The zero-order valence-corrected chi connectivity index (χ0v) is 11.5. The van der Waals surface area contributed by atoms with Gasteiger partial charge in [-0.2, -0.15) is 0 Å². The minimum Gasteiger partial charge on any atom is -0.497 e. The van der Waals surface area contributed by atoms with Gasteiger partial charge in [-0.25, -0.2) is 4.79 Å². The standard InChI is InChI=1S/C14H17NO6/c1-21-10-4-2-9(3-5-10)8-12(16)15-11(14(19)20)6-7-13(17)18/h2-5,11H,6-8H2,1H3,(H,15,16)(H,17,18)(H,19,20)/t11-/m0/s1. The number of nitrogens with one attached hydrogen (secondary N) is 1. The van der Waals surface area contributed by atoms with Crippen LogP contribution < -0.4 is 10.1 Å². The number of carbonyl (C=O) groups excluding carboxylic acids is 1. The molecular weight excluding hydrogens is 278 g/mol. The van der Waals surface area contributed by atoms with Crippen LogP contribution in [-0.4, -0.2) is 41.2 Å². The molecule has 0 radical (unpaired) electrons. The van der Waals surface area contributed by atoms with Gasteiger partial charge in [0.2, 0.25) is 5.91 Å². The molecule has 7 heteroatoms. The molecule has 1 amide bonds. The number of rotatable bonds is 8. The Morgan fingerprint density at radius 3 is 2.29 bits per heavy atom. The van der Waals surface area contributed by atoms with Crippen LogP contribution in [0.4, 0.5) is 0 Å². The maximum absolute atomic E-state index is 11.8. The lowest BCUT2D eigenvalue weighted by Gasteiger charge is -2.13. The molecule has 0 aliphatic carbocycles. The van der Waals surface area contributed by atoms with Crippen molar-refractivity contribution >= 4 is 17.8 Å². The second kappa shape index (κ2) is 7.88. The van der Waals surface area contributed by atoms with Crippen molar-refractivity contribution in [2.75, 3.05) is 7.11 Å². The summed E-state index contributed by atoms with van der Waals surface area (Å²) in [4.78, 5) is 33.2. The molecule has 114 valence electrons. The van der Waals surface area contributed by atoms with Crippen molar-refractivity contribution in [3.05, 3.63) is 29.8 Å². The normalized spacial score (nSPS) is 11.5. The largest absolute Gasteiger partial charge is 0.497 e. The zero-order chi connectivity index (χ0) is 15.8. The van der Waals surface area contributed by atoms with Crippen molar-refractivity contribution in [2.24, 2.45) is 0 Å². The fraction of sp³-hybridized carbons (Fsp3) is 0.357. The van der Waals surface area contributed by atoms with E-state index >= 15 is 0 Å². The van der Waals surface area contributed by atoms with Gasteiger partial charge in [0.1, 0.15) is 11.8 Å². The average Bonchev–Trinajstić information content (AvgIpc) is 2.43. The molecule has 3 N–H and O–H groups in total. The van der Waals surface area contributed by atoms with E-state index in [-0.39, 0.29) is 19.3 Å². The van der Waals surface area contributed by atoms with Crippen LogP contribution in [0.25, 0.3) is 0 Å². The summed E-state index contributed by atoms with van der Waals surface area (Å²) in [6, 6.07) is 5.59. The van der Waals surface area contributed by atoms with Gasteiger partial charge in [0.15, 0.2) is 0 Å². The van der Waals surface area contributed by atoms with Crippen LogP contribution in [0.15, 0.2) is 24.3 Å². The van der Waals surface area contributed by atoms with Crippen LogP contribution in [0, 0.1) is 0 Å². The summed E-state index contributed by atoms with van der Waals surface area (Å²) in [5, 5.41) is 19.8. The number of hydrogen-bond acceptors (Lipinski definition) is 4. The van der Waals surface area contributed by atoms with Gasteiger partial charge in [0.25, 0.3) is 0 Å². The summed E-state index contributed by atoms with van der Waals surface area (Å²) in [5.41, 5.74) is 0.704. The Balaban J connectivity index is 2.56. The quantitative estimate of drug-likeness (QED) is 0.649. The van der Waals surface area contributed by atoms with E-state index in [9.17, 15) is 14.4 Å². The van der Waals surface area contributed by atoms with Crippen LogP contribution in [-0.2, 0) is 20.8 Å². The highest BCUT2D eigenvalue weighted by Crippen LogP contribution is 2.11. The van der Waals surface area contributed by atoms with Crippen LogP contribution in [0.1, 0.15) is 18.4 Å². The van der Waals surface area contributed by atoms with Crippen molar-refractivity contribution in [3.63, 3.8) is 0 Å². The molecular formula is C14H17NO6. The molecule has 0 aliphatic rings. The highest BCUT2D eigenvalue weighted by atomic mass is 16.5. The third-order valence-electron chi connectivity index (χ3n) is 2.80. The smallest absolute Gasteiger partial charge is 0.326 e. The lowest BCUT2D eigenvalue weighted by molar-refractivity contribution is -0.143. The molecule has 7 nitrogen and oxygen atoms in total. The van der Waals surface area contributed by atoms with E-state index in [1.165, 1.54) is 7.11 Å². The number of methoxy groups -OCH3 is 1. The minimum atomic E-state index is -1.25. The molecule has 0 bridgehead atoms. The van der Waals surface area contributed by atoms with Gasteiger partial charge in [0.05, 0.1) is 13.5 Å². The molecule has 1 rings (SSSR count). The second-order valence-electron chi connectivity index (χ2n) is 4.42. The predicted molar refractivity (Wildman–Crippen MR) is 73.1 cm³/mol. The molecule has 0 saturated heterocycles. The van der Waals surface area contributed by atoms with E-state index in [2.05, 4.69) is 5.32 Å². The van der Waals surface area contributed by atoms with Gasteiger partial charge in [0, 0.05) is 6.42 Å². The molecule has 1 atom stereocenters. The molecule has 0 spiro atoms. The molecule has 21 heavy (non-hydrogen) atoms. The molecule has 1 aromatic carbocycles. The molecule has 0 heterocycles. The Labute approximate surface area is 121 Å². The fourth-order valence-corrected chi connectivity index (χ4v) is 1.70. The number of carbonyl (C=O) groups is 3. The minimum absolute atomic E-state index is 0.0147. The Morgan fingerprint density at radius 1 is 1.19 bits per heavy atom. The van der Waals surface area contributed by atoms with Crippen molar-refractivity contribution in [2.45, 2.75) is 25.3 Å². The number of carboxylic acid groups (broad SMARTS) is 2. The number of benzene rings is 1. The Hall–Kier alpha value is -2.57. The number of aliphatic carboxylic acids is 2. The topological polar surface area (TPSA) is 113 Å². The van der Waals surface area contributed by atoms with E-state index in [4.69, 9.17) is 14.9 Å². The molecule has 0 aromatic heterocycles. The summed E-state index contributed by atoms with van der Waals surface area (Å²) in [7, 11) is 1.53. The van der Waals surface area contributed by atoms with Crippen molar-refractivity contribution in [1.82, 2.24) is 5.32 Å². The van der Waals surface area contributed by atoms with E-state index in [0.29, 0.717) is 11.3 Å². The number of hydrogen-bond donors (Lipinski definition) is 3. The first-order chi connectivity index (χ1) is 9.92. The fourth-order valence-electron chi connectivity index (χ4n) is 1.70. The van der Waals surface area contributed by atoms with Gasteiger partial charge in [-0.3, -0.25) is 9.59 Å². The highest BCUT2D eigenvalue weighted by molar-refractivity contribution is 5.85. The van der Waals surface area contributed by atoms with Crippen LogP contribution in [0.2, 0.25) is 0 Å². The van der Waals surface area contributed by atoms with E-state index in [1.54, 1.807) is 24.3 Å². The first-order valence-corrected chi connectivity index (χ1v) is 6.29. The Morgan fingerprint density at radius 2 is 1.81 bits per heavy atom. The van der Waals surface area contributed by atoms with Gasteiger partial charge in [-0.15, -0.1) is 0 Å². The summed E-state index contributed by atoms with van der Waals surface area (Å²) in [5.74, 6) is -2.17. The van der Waals surface area contributed by atoms with Crippen molar-refractivity contribution < 1.29 is 29.3 Å². The summed E-state index contributed by atoms with van der Waals surface area (Å²) >= 11 is 0. The summed E-state index contributed by atoms with van der Waals surface area (Å²) in [6.45, 7) is 0. The van der Waals surface area contributed by atoms with Gasteiger partial charge < -0.3 is 20.3 Å². The number of amides is 1. The summed E-state index contributed by atoms with van der Waals surface area (Å²) < 4.78 is 4.99. The van der Waals surface area contributed by atoms with E-state index in [0.717, 1.165) is 0 Å². The first kappa shape index (κ1) is 16.5. The third-order valence-corrected chi connectivity index (χ3v) is 2.80. The number of carboxylic acids is 2. The maximum atomic E-state index is 11.8. The van der Waals surface area contributed by atoms with Gasteiger partial charge in [-0.05, 0) is 24.1 Å². The molecule has 0 unspecified atom stereocenters. The average molecular weight is 295 g/mol. The molecule has 0 aliphatic heterocycles. The van der Waals surface area contributed by atoms with Crippen molar-refractivity contribution in [3.8, 4) is 5.75 Å². The van der Waals surface area contributed by atoms with Crippen LogP contribution in [0.3, 0.4) is 0 Å². The highest BCUT2D eigenvalue weighted by Gasteiger charge is 2.20. The monoisotopic (exact) mass is 295 g/mol. The van der Waals surface area contributed by atoms with Crippen LogP contribution >= 0.6 is 0 Å². The first-order valence-electron chi connectivity index (χ1n) is 6.29. The van der Waals surface area contributed by atoms with Crippen LogP contribution in [0.5, 0.6) is 5.75 Å². The maximum Gasteiger partial charge on any atom is 0.326 e. The molecule has 1 aromatic rings. The Kier molecular flexibility index (Phi) is 6.19. The zero-order valence-electron chi connectivity index (χ0n) is 11.5. The SMILES string of the molecule is COc1ccc(CC(=O)N[C@@H](CCC(=O)O)C(=O)O)cc1. The van der Waals surface area contributed by atoms with E-state index < -0.39 is 23.9 Å². The predicted octanol–water partition coefficient (Wildman–Crippen LogP) is 0.672. The lowest BCUT2D eigenvalue weighted by Crippen LogP contribution is -2.41. The van der Waals surface area contributed by atoms with Crippen molar-refractivity contribution in [1.29, 1.82) is 0 Å². The van der Waals surface area contributed by atoms with Gasteiger partial charge in [-0.1, -0.05) is 12.1 Å². The third kappa shape index (κ3) is 5.94. The molecule has 0 saturated carbocycles. The lowest BCUT2D eigenvalue weighted by atomic mass is 10.1. The molecule has 0 fully saturated rings. The second-order valence-corrected chi connectivity index (χ2v) is 4.42.